The van der Waals surface area contributed by atoms with E-state index >= 15 is 0 Å². The number of thiophene rings is 1. The van der Waals surface area contributed by atoms with E-state index in [1.807, 2.05) is 0 Å². The molecule has 18 heavy (non-hydrogen) atoms. The van der Waals surface area contributed by atoms with Gasteiger partial charge in [-0.3, -0.25) is 0 Å². The van der Waals surface area contributed by atoms with E-state index in [4.69, 9.17) is 0 Å². The third-order valence-corrected chi connectivity index (χ3v) is 3.69. The highest BCUT2D eigenvalue weighted by atomic mass is 32.1. The average molecular weight is 274 g/mol. The maximum absolute atomic E-state index is 12.8. The SMILES string of the molecule is CC(C)(O)Cc1cc2cccc(C(F)(F)F)c2s1. The summed E-state index contributed by atoms with van der Waals surface area (Å²) in [4.78, 5) is 0.759. The molecule has 0 atom stereocenters. The van der Waals surface area contributed by atoms with Gasteiger partial charge in [0, 0.05) is 16.0 Å². The lowest BCUT2D eigenvalue weighted by molar-refractivity contribution is -0.136. The number of halogens is 3. The fourth-order valence-electron chi connectivity index (χ4n) is 1.85. The van der Waals surface area contributed by atoms with E-state index in [1.54, 1.807) is 26.0 Å². The van der Waals surface area contributed by atoms with Gasteiger partial charge in [-0.25, -0.2) is 0 Å². The monoisotopic (exact) mass is 274 g/mol. The highest BCUT2D eigenvalue weighted by Crippen LogP contribution is 2.39. The Morgan fingerprint density at radius 1 is 1.22 bits per heavy atom. The summed E-state index contributed by atoms with van der Waals surface area (Å²) in [7, 11) is 0. The van der Waals surface area contributed by atoms with Crippen LogP contribution >= 0.6 is 11.3 Å². The summed E-state index contributed by atoms with van der Waals surface area (Å²) < 4.78 is 38.7. The topological polar surface area (TPSA) is 20.2 Å². The molecule has 0 bridgehead atoms. The second-order valence-electron chi connectivity index (χ2n) is 4.92. The molecule has 0 aliphatic carbocycles. The van der Waals surface area contributed by atoms with Gasteiger partial charge in [0.25, 0.3) is 0 Å². The van der Waals surface area contributed by atoms with Crippen molar-refractivity contribution in [3.05, 3.63) is 34.7 Å². The van der Waals surface area contributed by atoms with Gasteiger partial charge in [-0.15, -0.1) is 11.3 Å². The lowest BCUT2D eigenvalue weighted by Crippen LogP contribution is -2.20. The van der Waals surface area contributed by atoms with Crippen molar-refractivity contribution in [1.82, 2.24) is 0 Å². The maximum atomic E-state index is 12.8. The van der Waals surface area contributed by atoms with Gasteiger partial charge >= 0.3 is 6.18 Å². The van der Waals surface area contributed by atoms with Crippen molar-refractivity contribution >= 4 is 21.4 Å². The molecular formula is C13H13F3OS. The standard InChI is InChI=1S/C13H13F3OS/c1-12(2,17)7-9-6-8-4-3-5-10(11(8)18-9)13(14,15)16/h3-6,17H,7H2,1-2H3. The lowest BCUT2D eigenvalue weighted by Gasteiger charge is -2.14. The van der Waals surface area contributed by atoms with E-state index in [1.165, 1.54) is 6.07 Å². The summed E-state index contributed by atoms with van der Waals surface area (Å²) in [5.41, 5.74) is -1.52. The largest absolute Gasteiger partial charge is 0.417 e. The van der Waals surface area contributed by atoms with Gasteiger partial charge < -0.3 is 5.11 Å². The first kappa shape index (κ1) is 13.4. The Morgan fingerprint density at radius 2 is 1.89 bits per heavy atom. The van der Waals surface area contributed by atoms with Crippen LogP contribution in [0.5, 0.6) is 0 Å². The van der Waals surface area contributed by atoms with Crippen LogP contribution in [0.3, 0.4) is 0 Å². The molecular weight excluding hydrogens is 261 g/mol. The number of fused-ring (bicyclic) bond motifs is 1. The van der Waals surface area contributed by atoms with Crippen LogP contribution in [0.15, 0.2) is 24.3 Å². The molecule has 98 valence electrons. The fraction of sp³-hybridized carbons (Fsp3) is 0.385. The van der Waals surface area contributed by atoms with E-state index in [0.29, 0.717) is 11.8 Å². The van der Waals surface area contributed by atoms with Gasteiger partial charge in [-0.2, -0.15) is 13.2 Å². The predicted molar refractivity (Wildman–Crippen MR) is 66.8 cm³/mol. The molecule has 0 amide bonds. The quantitative estimate of drug-likeness (QED) is 0.868. The lowest BCUT2D eigenvalue weighted by atomic mass is 10.0. The van der Waals surface area contributed by atoms with Gasteiger partial charge in [-0.1, -0.05) is 12.1 Å². The molecule has 0 aliphatic heterocycles. The Balaban J connectivity index is 2.52. The molecule has 2 rings (SSSR count). The van der Waals surface area contributed by atoms with Crippen molar-refractivity contribution in [1.29, 1.82) is 0 Å². The zero-order valence-corrected chi connectivity index (χ0v) is 10.8. The molecule has 0 aliphatic rings. The predicted octanol–water partition coefficient (Wildman–Crippen LogP) is 4.23. The number of aliphatic hydroxyl groups is 1. The van der Waals surface area contributed by atoms with Crippen LogP contribution in [0.4, 0.5) is 13.2 Å². The van der Waals surface area contributed by atoms with Gasteiger partial charge in [0.05, 0.1) is 11.2 Å². The van der Waals surface area contributed by atoms with E-state index < -0.39 is 17.3 Å². The molecule has 0 saturated carbocycles. The molecule has 0 fully saturated rings. The Bertz CT molecular complexity index is 564. The van der Waals surface area contributed by atoms with Crippen LogP contribution in [0, 0.1) is 0 Å². The van der Waals surface area contributed by atoms with E-state index in [0.717, 1.165) is 22.3 Å². The smallest absolute Gasteiger partial charge is 0.390 e. The zero-order chi connectivity index (χ0) is 13.6. The van der Waals surface area contributed by atoms with Gasteiger partial charge in [0.1, 0.15) is 0 Å². The minimum absolute atomic E-state index is 0.240. The second kappa shape index (κ2) is 4.24. The molecule has 0 saturated heterocycles. The van der Waals surface area contributed by atoms with Crippen LogP contribution in [0.2, 0.25) is 0 Å². The summed E-state index contributed by atoms with van der Waals surface area (Å²) in [6.07, 6.45) is -3.99. The van der Waals surface area contributed by atoms with Crippen molar-refractivity contribution in [2.24, 2.45) is 0 Å². The van der Waals surface area contributed by atoms with E-state index in [9.17, 15) is 18.3 Å². The van der Waals surface area contributed by atoms with Gasteiger partial charge in [-0.05, 0) is 31.4 Å². The molecule has 1 N–H and O–H groups in total. The van der Waals surface area contributed by atoms with Gasteiger partial charge in [0.2, 0.25) is 0 Å². The van der Waals surface area contributed by atoms with E-state index in [2.05, 4.69) is 0 Å². The van der Waals surface area contributed by atoms with Crippen LogP contribution in [-0.4, -0.2) is 10.7 Å². The Morgan fingerprint density at radius 3 is 2.44 bits per heavy atom. The first-order valence-electron chi connectivity index (χ1n) is 5.48. The van der Waals surface area contributed by atoms with Crippen LogP contribution in [0.25, 0.3) is 10.1 Å². The third kappa shape index (κ3) is 2.84. The summed E-state index contributed by atoms with van der Waals surface area (Å²) in [5.74, 6) is 0. The molecule has 0 spiro atoms. The minimum Gasteiger partial charge on any atom is -0.390 e. The fourth-order valence-corrected chi connectivity index (χ4v) is 3.27. The Hall–Kier alpha value is -1.07. The molecule has 2 aromatic rings. The second-order valence-corrected chi connectivity index (χ2v) is 6.06. The first-order chi connectivity index (χ1) is 8.17. The van der Waals surface area contributed by atoms with Crippen molar-refractivity contribution in [2.75, 3.05) is 0 Å². The Kier molecular flexibility index (Phi) is 3.15. The number of alkyl halides is 3. The number of rotatable bonds is 2. The average Bonchev–Trinajstić information content (AvgIpc) is 2.53. The molecule has 0 unspecified atom stereocenters. The van der Waals surface area contributed by atoms with Crippen molar-refractivity contribution in [3.8, 4) is 0 Å². The zero-order valence-electron chi connectivity index (χ0n) is 10.0. The van der Waals surface area contributed by atoms with Crippen molar-refractivity contribution < 1.29 is 18.3 Å². The summed E-state index contributed by atoms with van der Waals surface area (Å²) >= 11 is 1.10. The summed E-state index contributed by atoms with van der Waals surface area (Å²) in [6.45, 7) is 3.28. The number of hydrogen-bond acceptors (Lipinski definition) is 2. The molecule has 1 heterocycles. The molecule has 1 aromatic heterocycles. The third-order valence-electron chi connectivity index (χ3n) is 2.51. The molecule has 0 radical (unpaired) electrons. The normalized spacial score (nSPS) is 13.2. The molecule has 1 nitrogen and oxygen atoms in total. The van der Waals surface area contributed by atoms with E-state index in [-0.39, 0.29) is 4.70 Å². The van der Waals surface area contributed by atoms with Gasteiger partial charge in [0.15, 0.2) is 0 Å². The van der Waals surface area contributed by atoms with Crippen LogP contribution in [0.1, 0.15) is 24.3 Å². The number of hydrogen-bond donors (Lipinski definition) is 1. The van der Waals surface area contributed by atoms with Crippen molar-refractivity contribution in [3.63, 3.8) is 0 Å². The number of benzene rings is 1. The molecule has 1 aromatic carbocycles. The minimum atomic E-state index is -4.34. The van der Waals surface area contributed by atoms with Crippen LogP contribution in [-0.2, 0) is 12.6 Å². The summed E-state index contributed by atoms with van der Waals surface area (Å²) in [5, 5.41) is 10.3. The maximum Gasteiger partial charge on any atom is 0.417 e. The Labute approximate surface area is 107 Å². The first-order valence-corrected chi connectivity index (χ1v) is 6.29. The summed E-state index contributed by atoms with van der Waals surface area (Å²) in [6, 6.07) is 5.88. The molecule has 5 heteroatoms. The highest BCUT2D eigenvalue weighted by molar-refractivity contribution is 7.19. The van der Waals surface area contributed by atoms with Crippen molar-refractivity contribution in [2.45, 2.75) is 32.0 Å². The highest BCUT2D eigenvalue weighted by Gasteiger charge is 2.33. The van der Waals surface area contributed by atoms with Crippen LogP contribution < -0.4 is 0 Å².